The molecule has 0 bridgehead atoms. The minimum absolute atomic E-state index is 0.286. The molecule has 0 aliphatic rings. The smallest absolute Gasteiger partial charge is 0.0603 e. The molecule has 0 spiro atoms. The molecule has 0 atom stereocenters. The summed E-state index contributed by atoms with van der Waals surface area (Å²) in [4.78, 5) is 0. The lowest BCUT2D eigenvalue weighted by Crippen LogP contribution is -2.20. The van der Waals surface area contributed by atoms with Gasteiger partial charge >= 0.3 is 0 Å². The molecule has 0 aromatic rings. The summed E-state index contributed by atoms with van der Waals surface area (Å²) >= 11 is 1.83. The Morgan fingerprint density at radius 1 is 1.50 bits per heavy atom. The minimum atomic E-state index is 0.286. The van der Waals surface area contributed by atoms with E-state index >= 15 is 0 Å². The third kappa shape index (κ3) is 3.33. The van der Waals surface area contributed by atoms with Crippen molar-refractivity contribution in [3.05, 3.63) is 0 Å². The van der Waals surface area contributed by atoms with E-state index in [2.05, 4.69) is 20.1 Å². The van der Waals surface area contributed by atoms with Gasteiger partial charge in [0, 0.05) is 11.9 Å². The topological polar surface area (TPSA) is 9.23 Å². The predicted octanol–water partition coefficient (Wildman–Crippen LogP) is 1.77. The summed E-state index contributed by atoms with van der Waals surface area (Å²) in [6.45, 7) is 5.16. The van der Waals surface area contributed by atoms with E-state index < -0.39 is 0 Å². The quantitative estimate of drug-likeness (QED) is 0.582. The van der Waals surface area contributed by atoms with E-state index in [1.165, 1.54) is 0 Å². The van der Waals surface area contributed by atoms with E-state index in [0.717, 1.165) is 6.61 Å². The number of methoxy groups -OCH3 is 1. The lowest BCUT2D eigenvalue weighted by molar-refractivity contribution is 0.179. The van der Waals surface area contributed by atoms with Gasteiger partial charge in [-0.05, 0) is 20.1 Å². The van der Waals surface area contributed by atoms with Crippen LogP contribution in [0.4, 0.5) is 0 Å². The maximum atomic E-state index is 4.98. The summed E-state index contributed by atoms with van der Waals surface area (Å²) in [6, 6.07) is 0. The van der Waals surface area contributed by atoms with Gasteiger partial charge in [0.2, 0.25) is 0 Å². The van der Waals surface area contributed by atoms with Crippen LogP contribution in [-0.4, -0.2) is 24.7 Å². The third-order valence-electron chi connectivity index (χ3n) is 1.04. The third-order valence-corrected chi connectivity index (χ3v) is 2.27. The molecule has 0 rings (SSSR count). The maximum absolute atomic E-state index is 4.98. The van der Waals surface area contributed by atoms with Gasteiger partial charge in [0.25, 0.3) is 0 Å². The zero-order valence-corrected chi connectivity index (χ0v) is 6.84. The average molecular weight is 134 g/mol. The average Bonchev–Trinajstić information content (AvgIpc) is 1.67. The Morgan fingerprint density at radius 3 is 2.12 bits per heavy atom. The maximum Gasteiger partial charge on any atom is 0.0603 e. The summed E-state index contributed by atoms with van der Waals surface area (Å²) in [5.74, 6) is 0. The fourth-order valence-electron chi connectivity index (χ4n) is 0.407. The molecule has 8 heavy (non-hydrogen) atoms. The molecule has 0 aromatic carbocycles. The zero-order chi connectivity index (χ0) is 6.62. The molecular formula is C6H14OS. The van der Waals surface area contributed by atoms with Crippen molar-refractivity contribution in [1.82, 2.24) is 0 Å². The molecule has 0 aliphatic carbocycles. The molecule has 2 heteroatoms. The minimum Gasteiger partial charge on any atom is -0.383 e. The summed E-state index contributed by atoms with van der Waals surface area (Å²) in [6.07, 6.45) is 2.10. The number of hydrogen-bond donors (Lipinski definition) is 0. The molecule has 0 amide bonds. The van der Waals surface area contributed by atoms with Gasteiger partial charge < -0.3 is 4.74 Å². The molecule has 0 heterocycles. The molecule has 0 fully saturated rings. The summed E-state index contributed by atoms with van der Waals surface area (Å²) in [7, 11) is 1.73. The Hall–Kier alpha value is 0.310. The largest absolute Gasteiger partial charge is 0.383 e. The van der Waals surface area contributed by atoms with E-state index in [0.29, 0.717) is 0 Å². The highest BCUT2D eigenvalue weighted by molar-refractivity contribution is 7.99. The van der Waals surface area contributed by atoms with Crippen LogP contribution >= 0.6 is 11.8 Å². The molecular weight excluding hydrogens is 120 g/mol. The first-order valence-electron chi connectivity index (χ1n) is 2.66. The van der Waals surface area contributed by atoms with Gasteiger partial charge in [0.15, 0.2) is 0 Å². The number of hydrogen-bond acceptors (Lipinski definition) is 2. The van der Waals surface area contributed by atoms with E-state index in [-0.39, 0.29) is 4.75 Å². The molecule has 50 valence electrons. The van der Waals surface area contributed by atoms with E-state index in [9.17, 15) is 0 Å². The van der Waals surface area contributed by atoms with Crippen LogP contribution in [0.3, 0.4) is 0 Å². The van der Waals surface area contributed by atoms with E-state index in [1.807, 2.05) is 11.8 Å². The van der Waals surface area contributed by atoms with Crippen LogP contribution < -0.4 is 0 Å². The zero-order valence-electron chi connectivity index (χ0n) is 6.02. The first-order chi connectivity index (χ1) is 3.62. The Bertz CT molecular complexity index is 61.5. The Morgan fingerprint density at radius 2 is 2.00 bits per heavy atom. The second-order valence-electron chi connectivity index (χ2n) is 2.40. The molecule has 0 unspecified atom stereocenters. The summed E-state index contributed by atoms with van der Waals surface area (Å²) in [5, 5.41) is 0. The van der Waals surface area contributed by atoms with Gasteiger partial charge in [-0.15, -0.1) is 0 Å². The Labute approximate surface area is 55.8 Å². The van der Waals surface area contributed by atoms with Crippen molar-refractivity contribution in [1.29, 1.82) is 0 Å². The van der Waals surface area contributed by atoms with Gasteiger partial charge in [0.1, 0.15) is 0 Å². The highest BCUT2D eigenvalue weighted by Crippen LogP contribution is 2.20. The van der Waals surface area contributed by atoms with Crippen molar-refractivity contribution in [2.75, 3.05) is 20.0 Å². The molecule has 0 radical (unpaired) electrons. The second kappa shape index (κ2) is 3.36. The van der Waals surface area contributed by atoms with Crippen molar-refractivity contribution in [3.63, 3.8) is 0 Å². The van der Waals surface area contributed by atoms with Crippen LogP contribution in [0.5, 0.6) is 0 Å². The first kappa shape index (κ1) is 8.31. The number of thioether (sulfide) groups is 1. The van der Waals surface area contributed by atoms with Crippen LogP contribution in [0.2, 0.25) is 0 Å². The molecule has 1 nitrogen and oxygen atoms in total. The predicted molar refractivity (Wildman–Crippen MR) is 39.5 cm³/mol. The van der Waals surface area contributed by atoms with Crippen LogP contribution in [0.25, 0.3) is 0 Å². The van der Waals surface area contributed by atoms with Crippen LogP contribution in [0.1, 0.15) is 13.8 Å². The van der Waals surface area contributed by atoms with Gasteiger partial charge in [-0.1, -0.05) is 0 Å². The number of rotatable bonds is 3. The molecule has 0 aromatic heterocycles. The normalized spacial score (nSPS) is 12.0. The molecule has 0 aliphatic heterocycles. The Balaban J connectivity index is 3.37. The van der Waals surface area contributed by atoms with Gasteiger partial charge in [-0.3, -0.25) is 0 Å². The van der Waals surface area contributed by atoms with Crippen LogP contribution in [0.15, 0.2) is 0 Å². The van der Waals surface area contributed by atoms with Crippen LogP contribution in [0, 0.1) is 0 Å². The van der Waals surface area contributed by atoms with E-state index in [1.54, 1.807) is 7.11 Å². The monoisotopic (exact) mass is 134 g/mol. The van der Waals surface area contributed by atoms with Crippen molar-refractivity contribution in [2.45, 2.75) is 18.6 Å². The Kier molecular flexibility index (Phi) is 3.49. The summed E-state index contributed by atoms with van der Waals surface area (Å²) < 4.78 is 5.26. The van der Waals surface area contributed by atoms with Crippen molar-refractivity contribution < 1.29 is 4.74 Å². The standard InChI is InChI=1S/C6H14OS/c1-6(2,8-4)5-7-3/h5H2,1-4H3. The SMILES string of the molecule is COCC(C)(C)SC. The van der Waals surface area contributed by atoms with Crippen molar-refractivity contribution in [2.24, 2.45) is 0 Å². The van der Waals surface area contributed by atoms with Gasteiger partial charge in [-0.25, -0.2) is 0 Å². The molecule has 0 saturated heterocycles. The van der Waals surface area contributed by atoms with E-state index in [4.69, 9.17) is 4.74 Å². The van der Waals surface area contributed by atoms with Crippen LogP contribution in [-0.2, 0) is 4.74 Å². The second-order valence-corrected chi connectivity index (χ2v) is 3.91. The fourth-order valence-corrected chi connectivity index (χ4v) is 0.642. The number of ether oxygens (including phenoxy) is 1. The van der Waals surface area contributed by atoms with Crippen molar-refractivity contribution in [3.8, 4) is 0 Å². The molecule has 0 saturated carbocycles. The summed E-state index contributed by atoms with van der Waals surface area (Å²) in [5.41, 5.74) is 0. The first-order valence-corrected chi connectivity index (χ1v) is 3.89. The fraction of sp³-hybridized carbons (Fsp3) is 1.00. The molecule has 0 N–H and O–H groups in total. The highest BCUT2D eigenvalue weighted by atomic mass is 32.2. The lowest BCUT2D eigenvalue weighted by atomic mass is 10.2. The highest BCUT2D eigenvalue weighted by Gasteiger charge is 2.13. The van der Waals surface area contributed by atoms with Gasteiger partial charge in [-0.2, -0.15) is 11.8 Å². The van der Waals surface area contributed by atoms with Gasteiger partial charge in [0.05, 0.1) is 6.61 Å². The van der Waals surface area contributed by atoms with Crippen molar-refractivity contribution >= 4 is 11.8 Å². The lowest BCUT2D eigenvalue weighted by Gasteiger charge is -2.19.